The highest BCUT2D eigenvalue weighted by atomic mass is 32.2. The lowest BCUT2D eigenvalue weighted by molar-refractivity contribution is 0.412. The van der Waals surface area contributed by atoms with E-state index in [0.29, 0.717) is 25.3 Å². The number of benzene rings is 1. The minimum atomic E-state index is -3.46. The molecule has 0 radical (unpaired) electrons. The van der Waals surface area contributed by atoms with Gasteiger partial charge in [0.15, 0.2) is 0 Å². The minimum absolute atomic E-state index is 0.292. The standard InChI is InChI=1S/C13H20N2O3S/c1-4-5-9-14-19(16,17)15(2)11-12-7-6-8-13(10-12)18-3/h4,6-8,10,14H,1,5,9,11H2,2-3H3. The molecule has 0 saturated carbocycles. The molecule has 0 aliphatic rings. The molecular weight excluding hydrogens is 264 g/mol. The topological polar surface area (TPSA) is 58.6 Å². The first kappa shape index (κ1) is 15.7. The Kier molecular flexibility index (Phi) is 6.01. The molecule has 0 atom stereocenters. The molecule has 0 aliphatic heterocycles. The summed E-state index contributed by atoms with van der Waals surface area (Å²) >= 11 is 0. The van der Waals surface area contributed by atoms with Gasteiger partial charge in [0.25, 0.3) is 10.2 Å². The summed E-state index contributed by atoms with van der Waals surface area (Å²) in [5, 5.41) is 0. The molecule has 19 heavy (non-hydrogen) atoms. The predicted molar refractivity (Wildman–Crippen MR) is 76.2 cm³/mol. The van der Waals surface area contributed by atoms with E-state index in [1.54, 1.807) is 13.2 Å². The molecule has 0 saturated heterocycles. The minimum Gasteiger partial charge on any atom is -0.497 e. The molecule has 6 heteroatoms. The van der Waals surface area contributed by atoms with Crippen molar-refractivity contribution >= 4 is 10.2 Å². The van der Waals surface area contributed by atoms with Crippen LogP contribution in [0.1, 0.15) is 12.0 Å². The molecule has 0 unspecified atom stereocenters. The Hall–Kier alpha value is -1.37. The van der Waals surface area contributed by atoms with E-state index in [-0.39, 0.29) is 0 Å². The summed E-state index contributed by atoms with van der Waals surface area (Å²) in [6.45, 7) is 4.20. The monoisotopic (exact) mass is 284 g/mol. The van der Waals surface area contributed by atoms with Crippen LogP contribution >= 0.6 is 0 Å². The zero-order valence-corrected chi connectivity index (χ0v) is 12.1. The summed E-state index contributed by atoms with van der Waals surface area (Å²) < 4.78 is 32.7. The summed E-state index contributed by atoms with van der Waals surface area (Å²) in [5.74, 6) is 0.711. The van der Waals surface area contributed by atoms with Crippen LogP contribution in [0.15, 0.2) is 36.9 Å². The third kappa shape index (κ3) is 5.02. The average molecular weight is 284 g/mol. The molecule has 0 fully saturated rings. The maximum absolute atomic E-state index is 11.9. The van der Waals surface area contributed by atoms with Crippen molar-refractivity contribution in [3.8, 4) is 5.75 Å². The maximum Gasteiger partial charge on any atom is 0.279 e. The van der Waals surface area contributed by atoms with Crippen LogP contribution in [0.4, 0.5) is 0 Å². The summed E-state index contributed by atoms with van der Waals surface area (Å²) in [7, 11) is -0.338. The van der Waals surface area contributed by atoms with Gasteiger partial charge in [-0.2, -0.15) is 12.7 Å². The highest BCUT2D eigenvalue weighted by Gasteiger charge is 2.16. The number of ether oxygens (including phenoxy) is 1. The SMILES string of the molecule is C=CCCNS(=O)(=O)N(C)Cc1cccc(OC)c1. The summed E-state index contributed by atoms with van der Waals surface area (Å²) in [6.07, 6.45) is 2.27. The van der Waals surface area contributed by atoms with Gasteiger partial charge in [-0.05, 0) is 24.1 Å². The van der Waals surface area contributed by atoms with Gasteiger partial charge in [-0.1, -0.05) is 18.2 Å². The van der Waals surface area contributed by atoms with E-state index in [1.165, 1.54) is 11.4 Å². The van der Waals surface area contributed by atoms with E-state index in [2.05, 4.69) is 11.3 Å². The molecule has 1 rings (SSSR count). The fourth-order valence-corrected chi connectivity index (χ4v) is 2.43. The van der Waals surface area contributed by atoms with Crippen molar-refractivity contribution in [1.82, 2.24) is 9.03 Å². The third-order valence-corrected chi connectivity index (χ3v) is 4.10. The molecule has 1 aromatic rings. The van der Waals surface area contributed by atoms with Crippen molar-refractivity contribution in [3.05, 3.63) is 42.5 Å². The molecule has 0 aliphatic carbocycles. The zero-order valence-electron chi connectivity index (χ0n) is 11.3. The number of nitrogens with zero attached hydrogens (tertiary/aromatic N) is 1. The summed E-state index contributed by atoms with van der Waals surface area (Å²) in [6, 6.07) is 7.33. The third-order valence-electron chi connectivity index (χ3n) is 2.58. The summed E-state index contributed by atoms with van der Waals surface area (Å²) in [4.78, 5) is 0. The van der Waals surface area contributed by atoms with E-state index in [1.807, 2.05) is 24.3 Å². The lowest BCUT2D eigenvalue weighted by Crippen LogP contribution is -2.38. The smallest absolute Gasteiger partial charge is 0.279 e. The van der Waals surface area contributed by atoms with Crippen LogP contribution in [-0.4, -0.2) is 33.4 Å². The Morgan fingerprint density at radius 3 is 2.84 bits per heavy atom. The first-order valence-corrected chi connectivity index (χ1v) is 7.38. The van der Waals surface area contributed by atoms with Crippen LogP contribution in [0.25, 0.3) is 0 Å². The van der Waals surface area contributed by atoms with Crippen LogP contribution in [-0.2, 0) is 16.8 Å². The lowest BCUT2D eigenvalue weighted by atomic mass is 10.2. The lowest BCUT2D eigenvalue weighted by Gasteiger charge is -2.17. The fourth-order valence-electron chi connectivity index (χ4n) is 1.51. The van der Waals surface area contributed by atoms with Crippen LogP contribution < -0.4 is 9.46 Å². The molecule has 5 nitrogen and oxygen atoms in total. The predicted octanol–water partition coefficient (Wildman–Crippen LogP) is 1.54. The van der Waals surface area contributed by atoms with E-state index in [0.717, 1.165) is 5.56 Å². The maximum atomic E-state index is 11.9. The molecule has 1 N–H and O–H groups in total. The molecular formula is C13H20N2O3S. The van der Waals surface area contributed by atoms with Gasteiger partial charge >= 0.3 is 0 Å². The Morgan fingerprint density at radius 1 is 1.47 bits per heavy atom. The second-order valence-electron chi connectivity index (χ2n) is 4.08. The summed E-state index contributed by atoms with van der Waals surface area (Å²) in [5.41, 5.74) is 0.871. The first-order chi connectivity index (χ1) is 8.99. The van der Waals surface area contributed by atoms with Crippen molar-refractivity contribution in [2.75, 3.05) is 20.7 Å². The Labute approximate surface area is 115 Å². The number of rotatable bonds is 8. The number of hydrogen-bond donors (Lipinski definition) is 1. The largest absolute Gasteiger partial charge is 0.497 e. The van der Waals surface area contributed by atoms with Gasteiger partial charge in [-0.3, -0.25) is 0 Å². The Morgan fingerprint density at radius 2 is 2.21 bits per heavy atom. The van der Waals surface area contributed by atoms with Crippen LogP contribution in [0.3, 0.4) is 0 Å². The van der Waals surface area contributed by atoms with E-state index < -0.39 is 10.2 Å². The van der Waals surface area contributed by atoms with E-state index >= 15 is 0 Å². The van der Waals surface area contributed by atoms with E-state index in [9.17, 15) is 8.42 Å². The zero-order chi connectivity index (χ0) is 14.3. The average Bonchev–Trinajstić information content (AvgIpc) is 2.39. The second kappa shape index (κ2) is 7.28. The second-order valence-corrected chi connectivity index (χ2v) is 5.95. The first-order valence-electron chi connectivity index (χ1n) is 5.94. The van der Waals surface area contributed by atoms with Crippen LogP contribution in [0.5, 0.6) is 5.75 Å². The highest BCUT2D eigenvalue weighted by Crippen LogP contribution is 2.14. The number of methoxy groups -OCH3 is 1. The van der Waals surface area contributed by atoms with Crippen molar-refractivity contribution in [2.45, 2.75) is 13.0 Å². The fraction of sp³-hybridized carbons (Fsp3) is 0.385. The molecule has 106 valence electrons. The van der Waals surface area contributed by atoms with Crippen LogP contribution in [0.2, 0.25) is 0 Å². The Bertz CT molecular complexity index is 514. The number of nitrogens with one attached hydrogen (secondary N) is 1. The van der Waals surface area contributed by atoms with Gasteiger partial charge in [-0.15, -0.1) is 6.58 Å². The van der Waals surface area contributed by atoms with Gasteiger partial charge < -0.3 is 4.74 Å². The van der Waals surface area contributed by atoms with Crippen LogP contribution in [0, 0.1) is 0 Å². The van der Waals surface area contributed by atoms with Gasteiger partial charge in [0.2, 0.25) is 0 Å². The van der Waals surface area contributed by atoms with Crippen molar-refractivity contribution in [1.29, 1.82) is 0 Å². The van der Waals surface area contributed by atoms with Gasteiger partial charge in [0.1, 0.15) is 5.75 Å². The van der Waals surface area contributed by atoms with Gasteiger partial charge in [0.05, 0.1) is 7.11 Å². The molecule has 0 heterocycles. The molecule has 1 aromatic carbocycles. The molecule has 0 aromatic heterocycles. The Balaban J connectivity index is 2.66. The van der Waals surface area contributed by atoms with Gasteiger partial charge in [-0.25, -0.2) is 4.72 Å². The quantitative estimate of drug-likeness (QED) is 0.582. The number of hydrogen-bond acceptors (Lipinski definition) is 3. The molecule has 0 spiro atoms. The normalized spacial score (nSPS) is 11.5. The van der Waals surface area contributed by atoms with Gasteiger partial charge in [0, 0.05) is 20.1 Å². The van der Waals surface area contributed by atoms with E-state index in [4.69, 9.17) is 4.74 Å². The van der Waals surface area contributed by atoms with Crippen molar-refractivity contribution < 1.29 is 13.2 Å². The highest BCUT2D eigenvalue weighted by molar-refractivity contribution is 7.87. The van der Waals surface area contributed by atoms with Crippen molar-refractivity contribution in [3.63, 3.8) is 0 Å². The van der Waals surface area contributed by atoms with Crippen molar-refractivity contribution in [2.24, 2.45) is 0 Å². The molecule has 0 amide bonds. The molecule has 0 bridgehead atoms.